The molecule has 0 radical (unpaired) electrons. The molecular formula is C20H25ClN2O3. The molecule has 6 heteroatoms. The van der Waals surface area contributed by atoms with Gasteiger partial charge in [-0.25, -0.2) is 9.78 Å². The van der Waals surface area contributed by atoms with Gasteiger partial charge in [-0.05, 0) is 37.1 Å². The fourth-order valence-corrected chi connectivity index (χ4v) is 2.72. The molecule has 2 rings (SSSR count). The van der Waals surface area contributed by atoms with E-state index in [1.165, 1.54) is 0 Å². The van der Waals surface area contributed by atoms with Crippen molar-refractivity contribution in [1.82, 2.24) is 9.55 Å². The molecule has 0 atom stereocenters. The number of carbonyl (C=O) groups is 1. The van der Waals surface area contributed by atoms with E-state index in [1.807, 2.05) is 36.5 Å². The number of hydrogen-bond acceptors (Lipinski definition) is 4. The van der Waals surface area contributed by atoms with E-state index in [-0.39, 0.29) is 6.61 Å². The maximum absolute atomic E-state index is 11.2. The Morgan fingerprint density at radius 3 is 2.81 bits per heavy atom. The molecule has 5 nitrogen and oxygen atoms in total. The summed E-state index contributed by atoms with van der Waals surface area (Å²) in [7, 11) is 0. The summed E-state index contributed by atoms with van der Waals surface area (Å²) in [5, 5.41) is 0.739. The Kier molecular flexibility index (Phi) is 8.22. The third kappa shape index (κ3) is 5.92. The lowest BCUT2D eigenvalue weighted by atomic mass is 10.2. The first-order chi connectivity index (χ1) is 12.7. The lowest BCUT2D eigenvalue weighted by Crippen LogP contribution is -2.08. The number of imidazole rings is 1. The lowest BCUT2D eigenvalue weighted by molar-refractivity contribution is 0.0674. The summed E-state index contributed by atoms with van der Waals surface area (Å²) in [5.74, 6) is 1.03. The molecule has 0 saturated carbocycles. The number of nitrogens with zero attached hydrogens (tertiary/aromatic N) is 2. The zero-order valence-electron chi connectivity index (χ0n) is 15.3. The highest BCUT2D eigenvalue weighted by Gasteiger charge is 2.10. The molecule has 0 bridgehead atoms. The average molecular weight is 377 g/mol. The number of aryl methyl sites for hydroxylation is 1. The number of carbonyl (C=O) groups excluding carboxylic acids is 1. The van der Waals surface area contributed by atoms with Gasteiger partial charge in [-0.1, -0.05) is 43.1 Å². The van der Waals surface area contributed by atoms with E-state index in [0.29, 0.717) is 13.2 Å². The van der Waals surface area contributed by atoms with E-state index in [1.54, 1.807) is 13.0 Å². The molecule has 2 aromatic rings. The molecule has 0 unspecified atom stereocenters. The van der Waals surface area contributed by atoms with E-state index >= 15 is 0 Å². The van der Waals surface area contributed by atoms with Crippen LogP contribution in [0.2, 0.25) is 5.02 Å². The largest absolute Gasteiger partial charge is 0.508 e. The SMILES string of the molecule is CCCCc1ncc(C=CCOC(=O)OCC)n1Cc1ccccc1Cl. The normalized spacial score (nSPS) is 11.0. The Labute approximate surface area is 159 Å². The van der Waals surface area contributed by atoms with Crippen molar-refractivity contribution >= 4 is 23.8 Å². The van der Waals surface area contributed by atoms with Crippen LogP contribution < -0.4 is 0 Å². The van der Waals surface area contributed by atoms with Crippen molar-refractivity contribution < 1.29 is 14.3 Å². The van der Waals surface area contributed by atoms with Crippen molar-refractivity contribution in [2.45, 2.75) is 39.7 Å². The van der Waals surface area contributed by atoms with E-state index in [0.717, 1.165) is 41.4 Å². The number of hydrogen-bond donors (Lipinski definition) is 0. The minimum absolute atomic E-state index is 0.153. The summed E-state index contributed by atoms with van der Waals surface area (Å²) in [4.78, 5) is 15.8. The van der Waals surface area contributed by atoms with Crippen molar-refractivity contribution in [2.75, 3.05) is 13.2 Å². The molecule has 0 amide bonds. The molecule has 0 aliphatic rings. The van der Waals surface area contributed by atoms with Crippen molar-refractivity contribution in [3.63, 3.8) is 0 Å². The second kappa shape index (κ2) is 10.7. The van der Waals surface area contributed by atoms with Gasteiger partial charge in [0.2, 0.25) is 0 Å². The van der Waals surface area contributed by atoms with Gasteiger partial charge in [-0.3, -0.25) is 0 Å². The summed E-state index contributed by atoms with van der Waals surface area (Å²) in [6, 6.07) is 7.81. The summed E-state index contributed by atoms with van der Waals surface area (Å²) in [6.45, 7) is 5.00. The number of aromatic nitrogens is 2. The van der Waals surface area contributed by atoms with Crippen LogP contribution in [0.5, 0.6) is 0 Å². The molecule has 0 N–H and O–H groups in total. The van der Waals surface area contributed by atoms with Gasteiger partial charge in [0.05, 0.1) is 25.0 Å². The maximum Gasteiger partial charge on any atom is 0.508 e. The molecule has 1 heterocycles. The standard InChI is InChI=1S/C20H25ClN2O3/c1-3-5-12-19-22-14-17(10-8-13-26-20(24)25-4-2)23(19)15-16-9-6-7-11-18(16)21/h6-11,14H,3-5,12-13,15H2,1-2H3. The van der Waals surface area contributed by atoms with E-state index < -0.39 is 6.16 Å². The highest BCUT2D eigenvalue weighted by Crippen LogP contribution is 2.19. The second-order valence-corrected chi connectivity index (χ2v) is 6.18. The van der Waals surface area contributed by atoms with Gasteiger partial charge in [0.25, 0.3) is 0 Å². The summed E-state index contributed by atoms with van der Waals surface area (Å²) >= 11 is 6.32. The Bertz CT molecular complexity index is 740. The number of halogens is 1. The van der Waals surface area contributed by atoms with E-state index in [4.69, 9.17) is 21.1 Å². The van der Waals surface area contributed by atoms with Crippen LogP contribution in [0.25, 0.3) is 6.08 Å². The van der Waals surface area contributed by atoms with Crippen LogP contribution in [0, 0.1) is 0 Å². The fourth-order valence-electron chi connectivity index (χ4n) is 2.52. The van der Waals surface area contributed by atoms with Gasteiger partial charge in [-0.15, -0.1) is 0 Å². The van der Waals surface area contributed by atoms with Gasteiger partial charge < -0.3 is 14.0 Å². The van der Waals surface area contributed by atoms with Crippen molar-refractivity contribution in [3.8, 4) is 0 Å². The Morgan fingerprint density at radius 1 is 1.27 bits per heavy atom. The Morgan fingerprint density at radius 2 is 2.08 bits per heavy atom. The first-order valence-corrected chi connectivity index (χ1v) is 9.27. The monoisotopic (exact) mass is 376 g/mol. The van der Waals surface area contributed by atoms with E-state index in [9.17, 15) is 4.79 Å². The number of unbranched alkanes of at least 4 members (excludes halogenated alkanes) is 1. The molecule has 0 aliphatic carbocycles. The first kappa shape index (κ1) is 20.0. The minimum atomic E-state index is -0.662. The smallest absolute Gasteiger partial charge is 0.435 e. The van der Waals surface area contributed by atoms with Crippen molar-refractivity contribution in [3.05, 3.63) is 58.6 Å². The molecular weight excluding hydrogens is 352 g/mol. The predicted molar refractivity (Wildman–Crippen MR) is 103 cm³/mol. The zero-order chi connectivity index (χ0) is 18.8. The zero-order valence-corrected chi connectivity index (χ0v) is 16.0. The minimum Gasteiger partial charge on any atom is -0.435 e. The summed E-state index contributed by atoms with van der Waals surface area (Å²) in [5.41, 5.74) is 1.99. The van der Waals surface area contributed by atoms with Crippen molar-refractivity contribution in [1.29, 1.82) is 0 Å². The van der Waals surface area contributed by atoms with Gasteiger partial charge in [0.1, 0.15) is 12.4 Å². The van der Waals surface area contributed by atoms with Crippen LogP contribution >= 0.6 is 11.6 Å². The number of ether oxygens (including phenoxy) is 2. The number of rotatable bonds is 9. The van der Waals surface area contributed by atoms with Crippen LogP contribution in [0.15, 0.2) is 36.5 Å². The molecule has 0 spiro atoms. The van der Waals surface area contributed by atoms with Crippen LogP contribution in [0.4, 0.5) is 4.79 Å². The summed E-state index contributed by atoms with van der Waals surface area (Å²) in [6.07, 6.45) is 7.95. The van der Waals surface area contributed by atoms with Crippen LogP contribution in [-0.2, 0) is 22.4 Å². The number of benzene rings is 1. The first-order valence-electron chi connectivity index (χ1n) is 8.89. The second-order valence-electron chi connectivity index (χ2n) is 5.78. The topological polar surface area (TPSA) is 53.4 Å². The van der Waals surface area contributed by atoms with Crippen LogP contribution in [-0.4, -0.2) is 28.9 Å². The predicted octanol–water partition coefficient (Wildman–Crippen LogP) is 5.11. The molecule has 0 aliphatic heterocycles. The third-order valence-electron chi connectivity index (χ3n) is 3.86. The van der Waals surface area contributed by atoms with Gasteiger partial charge in [-0.2, -0.15) is 0 Å². The molecule has 1 aromatic carbocycles. The highest BCUT2D eigenvalue weighted by atomic mass is 35.5. The fraction of sp³-hybridized carbons (Fsp3) is 0.400. The van der Waals surface area contributed by atoms with Gasteiger partial charge >= 0.3 is 6.16 Å². The summed E-state index contributed by atoms with van der Waals surface area (Å²) < 4.78 is 11.8. The molecule has 26 heavy (non-hydrogen) atoms. The maximum atomic E-state index is 11.2. The molecule has 0 fully saturated rings. The molecule has 0 saturated heterocycles. The van der Waals surface area contributed by atoms with Crippen molar-refractivity contribution in [2.24, 2.45) is 0 Å². The Balaban J connectivity index is 2.13. The van der Waals surface area contributed by atoms with Gasteiger partial charge in [0.15, 0.2) is 0 Å². The Hall–Kier alpha value is -2.27. The van der Waals surface area contributed by atoms with Crippen LogP contribution in [0.3, 0.4) is 0 Å². The molecule has 1 aromatic heterocycles. The lowest BCUT2D eigenvalue weighted by Gasteiger charge is -2.12. The third-order valence-corrected chi connectivity index (χ3v) is 4.23. The van der Waals surface area contributed by atoms with Crippen LogP contribution in [0.1, 0.15) is 43.8 Å². The highest BCUT2D eigenvalue weighted by molar-refractivity contribution is 6.31. The van der Waals surface area contributed by atoms with Gasteiger partial charge in [0, 0.05) is 11.4 Å². The average Bonchev–Trinajstić information content (AvgIpc) is 3.01. The molecule has 140 valence electrons. The van der Waals surface area contributed by atoms with E-state index in [2.05, 4.69) is 16.5 Å². The quantitative estimate of drug-likeness (QED) is 0.570.